The number of imide groups is 1. The van der Waals surface area contributed by atoms with Gasteiger partial charge in [-0.15, -0.1) is 0 Å². The van der Waals surface area contributed by atoms with Crippen LogP contribution in [-0.4, -0.2) is 18.4 Å². The van der Waals surface area contributed by atoms with Crippen molar-refractivity contribution in [1.82, 2.24) is 0 Å². The molecule has 0 spiro atoms. The topological polar surface area (TPSA) is 46.6 Å². The Hall–Kier alpha value is -2.10. The van der Waals surface area contributed by atoms with E-state index in [-0.39, 0.29) is 35.5 Å². The van der Waals surface area contributed by atoms with Gasteiger partial charge in [0.2, 0.25) is 11.8 Å². The zero-order valence-corrected chi connectivity index (χ0v) is 11.9. The number of carbonyl (C=O) groups is 2. The average Bonchev–Trinajstić information content (AvgIpc) is 3.15. The molecule has 1 saturated heterocycles. The number of nitrogens with zero attached hydrogens (tertiary/aromatic N) is 1. The Balaban J connectivity index is 1.64. The maximum absolute atomic E-state index is 12.6. The third-order valence-electron chi connectivity index (χ3n) is 4.88. The third kappa shape index (κ3) is 1.68. The Morgan fingerprint density at radius 1 is 1.05 bits per heavy atom. The maximum atomic E-state index is 12.6. The normalized spacial score (nSPS) is 32.9. The van der Waals surface area contributed by atoms with Crippen LogP contribution in [-0.2, 0) is 9.59 Å². The number of carbonyl (C=O) groups excluding carboxylic acids is 2. The van der Waals surface area contributed by atoms with Crippen molar-refractivity contribution >= 4 is 17.5 Å². The lowest BCUT2D eigenvalue weighted by molar-refractivity contribution is -0.123. The van der Waals surface area contributed by atoms with E-state index in [1.165, 1.54) is 4.90 Å². The van der Waals surface area contributed by atoms with Crippen LogP contribution < -0.4 is 9.64 Å². The van der Waals surface area contributed by atoms with Crippen LogP contribution in [0.4, 0.5) is 5.69 Å². The summed E-state index contributed by atoms with van der Waals surface area (Å²) in [6.07, 6.45) is 5.18. The van der Waals surface area contributed by atoms with Gasteiger partial charge in [0.25, 0.3) is 0 Å². The zero-order valence-electron chi connectivity index (χ0n) is 11.9. The Bertz CT molecular complexity index is 604. The van der Waals surface area contributed by atoms with E-state index in [4.69, 9.17) is 4.74 Å². The fourth-order valence-electron chi connectivity index (χ4n) is 4.01. The van der Waals surface area contributed by atoms with Gasteiger partial charge < -0.3 is 4.74 Å². The molecule has 2 bridgehead atoms. The van der Waals surface area contributed by atoms with E-state index >= 15 is 0 Å². The van der Waals surface area contributed by atoms with Gasteiger partial charge in [-0.25, -0.2) is 0 Å². The summed E-state index contributed by atoms with van der Waals surface area (Å²) in [5.41, 5.74) is 0.655. The molecule has 4 nitrogen and oxygen atoms in total. The molecule has 0 aromatic heterocycles. The van der Waals surface area contributed by atoms with Crippen molar-refractivity contribution in [3.05, 3.63) is 36.4 Å². The molecule has 1 saturated carbocycles. The molecule has 1 aromatic rings. The van der Waals surface area contributed by atoms with E-state index in [0.717, 1.165) is 12.2 Å². The maximum Gasteiger partial charge on any atom is 0.238 e. The molecule has 4 rings (SSSR count). The number of amides is 2. The summed E-state index contributed by atoms with van der Waals surface area (Å²) in [6.45, 7) is 2.52. The molecule has 0 unspecified atom stereocenters. The predicted octanol–water partition coefficient (Wildman–Crippen LogP) is 2.40. The molecule has 2 amide bonds. The molecular weight excluding hydrogens is 266 g/mol. The second-order valence-electron chi connectivity index (χ2n) is 5.94. The lowest BCUT2D eigenvalue weighted by Gasteiger charge is -2.17. The Morgan fingerprint density at radius 3 is 2.14 bits per heavy atom. The van der Waals surface area contributed by atoms with Crippen molar-refractivity contribution in [2.75, 3.05) is 11.5 Å². The van der Waals surface area contributed by atoms with Gasteiger partial charge >= 0.3 is 0 Å². The fraction of sp³-hybridized carbons (Fsp3) is 0.412. The van der Waals surface area contributed by atoms with Crippen molar-refractivity contribution in [3.63, 3.8) is 0 Å². The number of anilines is 1. The largest absolute Gasteiger partial charge is 0.494 e. The molecule has 0 N–H and O–H groups in total. The van der Waals surface area contributed by atoms with Crippen LogP contribution in [0.1, 0.15) is 13.3 Å². The third-order valence-corrected chi connectivity index (χ3v) is 4.88. The highest BCUT2D eigenvalue weighted by molar-refractivity contribution is 6.22. The second-order valence-corrected chi connectivity index (χ2v) is 5.94. The highest BCUT2D eigenvalue weighted by Crippen LogP contribution is 2.53. The summed E-state index contributed by atoms with van der Waals surface area (Å²) >= 11 is 0. The SMILES string of the molecule is CCOc1ccc(N2C(=O)[C@@H]3[C@@H](C2=O)[C@H]2C=C[C@@H]3C2)cc1. The van der Waals surface area contributed by atoms with Crippen LogP contribution in [0.3, 0.4) is 0 Å². The first-order chi connectivity index (χ1) is 10.2. The number of hydrogen-bond donors (Lipinski definition) is 0. The first-order valence-corrected chi connectivity index (χ1v) is 7.49. The van der Waals surface area contributed by atoms with Crippen molar-refractivity contribution in [1.29, 1.82) is 0 Å². The van der Waals surface area contributed by atoms with Gasteiger partial charge in [0.15, 0.2) is 0 Å². The monoisotopic (exact) mass is 283 g/mol. The van der Waals surface area contributed by atoms with Crippen LogP contribution in [0.25, 0.3) is 0 Å². The van der Waals surface area contributed by atoms with E-state index in [0.29, 0.717) is 12.3 Å². The molecule has 0 radical (unpaired) electrons. The minimum absolute atomic E-state index is 0.0361. The fourth-order valence-corrected chi connectivity index (χ4v) is 4.01. The van der Waals surface area contributed by atoms with E-state index in [1.807, 2.05) is 6.92 Å². The van der Waals surface area contributed by atoms with Crippen molar-refractivity contribution in [2.45, 2.75) is 13.3 Å². The van der Waals surface area contributed by atoms with Gasteiger partial charge in [-0.1, -0.05) is 12.2 Å². The van der Waals surface area contributed by atoms with Gasteiger partial charge in [0.05, 0.1) is 24.1 Å². The molecule has 1 aromatic carbocycles. The highest BCUT2D eigenvalue weighted by atomic mass is 16.5. The van der Waals surface area contributed by atoms with Crippen LogP contribution in [0.15, 0.2) is 36.4 Å². The molecule has 1 aliphatic heterocycles. The molecule has 2 fully saturated rings. The molecular formula is C17H17NO3. The van der Waals surface area contributed by atoms with Crippen LogP contribution in [0.2, 0.25) is 0 Å². The Labute approximate surface area is 123 Å². The molecule has 3 aliphatic rings. The molecule has 4 atom stereocenters. The minimum Gasteiger partial charge on any atom is -0.494 e. The first kappa shape index (κ1) is 12.6. The lowest BCUT2D eigenvalue weighted by Crippen LogP contribution is -2.32. The van der Waals surface area contributed by atoms with Crippen molar-refractivity contribution in [3.8, 4) is 5.75 Å². The Morgan fingerprint density at radius 2 is 1.62 bits per heavy atom. The number of benzene rings is 1. The van der Waals surface area contributed by atoms with Crippen LogP contribution in [0, 0.1) is 23.7 Å². The summed E-state index contributed by atoms with van der Waals surface area (Å²) in [4.78, 5) is 26.6. The lowest BCUT2D eigenvalue weighted by atomic mass is 9.85. The molecule has 108 valence electrons. The number of hydrogen-bond acceptors (Lipinski definition) is 3. The van der Waals surface area contributed by atoms with Gasteiger partial charge in [-0.3, -0.25) is 14.5 Å². The standard InChI is InChI=1S/C17H17NO3/c1-2-21-13-7-5-12(6-8-13)18-16(19)14-10-3-4-11(9-10)15(14)17(18)20/h3-8,10-11,14-15H,2,9H2,1H3/t10-,11+,14-,15-/m0/s1. The van der Waals surface area contributed by atoms with Gasteiger partial charge in [0.1, 0.15) is 5.75 Å². The van der Waals surface area contributed by atoms with E-state index < -0.39 is 0 Å². The van der Waals surface area contributed by atoms with Gasteiger partial charge in [0, 0.05) is 0 Å². The van der Waals surface area contributed by atoms with Crippen molar-refractivity contribution < 1.29 is 14.3 Å². The summed E-state index contributed by atoms with van der Waals surface area (Å²) < 4.78 is 5.40. The molecule has 1 heterocycles. The summed E-state index contributed by atoms with van der Waals surface area (Å²) in [5.74, 6) is 0.908. The number of allylic oxidation sites excluding steroid dienone is 2. The Kier molecular flexibility index (Phi) is 2.67. The summed E-state index contributed by atoms with van der Waals surface area (Å²) in [5, 5.41) is 0. The van der Waals surface area contributed by atoms with E-state index in [9.17, 15) is 9.59 Å². The second kappa shape index (κ2) is 4.45. The zero-order chi connectivity index (χ0) is 14.6. The minimum atomic E-state index is -0.140. The quantitative estimate of drug-likeness (QED) is 0.632. The average molecular weight is 283 g/mol. The number of rotatable bonds is 3. The summed E-state index contributed by atoms with van der Waals surface area (Å²) in [6, 6.07) is 7.19. The highest BCUT2D eigenvalue weighted by Gasteiger charge is 2.59. The smallest absolute Gasteiger partial charge is 0.238 e. The number of ether oxygens (including phenoxy) is 1. The van der Waals surface area contributed by atoms with Crippen LogP contribution in [0.5, 0.6) is 5.75 Å². The summed E-state index contributed by atoms with van der Waals surface area (Å²) in [7, 11) is 0. The van der Waals surface area contributed by atoms with Crippen molar-refractivity contribution in [2.24, 2.45) is 23.7 Å². The van der Waals surface area contributed by atoms with Gasteiger partial charge in [-0.05, 0) is 49.4 Å². The van der Waals surface area contributed by atoms with Crippen LogP contribution >= 0.6 is 0 Å². The van der Waals surface area contributed by atoms with E-state index in [2.05, 4.69) is 12.2 Å². The first-order valence-electron chi connectivity index (χ1n) is 7.49. The molecule has 2 aliphatic carbocycles. The number of fused-ring (bicyclic) bond motifs is 5. The van der Waals surface area contributed by atoms with Gasteiger partial charge in [-0.2, -0.15) is 0 Å². The van der Waals surface area contributed by atoms with E-state index in [1.54, 1.807) is 24.3 Å². The molecule has 4 heteroatoms. The predicted molar refractivity (Wildman–Crippen MR) is 77.8 cm³/mol. The molecule has 21 heavy (non-hydrogen) atoms.